The first-order chi connectivity index (χ1) is 7.50. The average molecular weight is 288 g/mol. The van der Waals surface area contributed by atoms with Crippen molar-refractivity contribution in [1.82, 2.24) is 0 Å². The predicted octanol–water partition coefficient (Wildman–Crippen LogP) is 1.76. The topological polar surface area (TPSA) is 72.6 Å². The van der Waals surface area contributed by atoms with Gasteiger partial charge in [-0.15, -0.1) is 0 Å². The molecule has 0 bridgehead atoms. The Balaban J connectivity index is 2.74. The summed E-state index contributed by atoms with van der Waals surface area (Å²) < 4.78 is 6.25. The standard InChI is InChI=1S/C11H14BrNO3/c1-7(14)9-6-8(12)2-3-10(9)16-5-4-11(13)15/h2-3,6-7,14H,4-5H2,1H3,(H2,13,15)/t7-/m0/s1. The minimum absolute atomic E-state index is 0.162. The Morgan fingerprint density at radius 1 is 1.62 bits per heavy atom. The van der Waals surface area contributed by atoms with Crippen LogP contribution < -0.4 is 10.5 Å². The molecule has 0 radical (unpaired) electrons. The number of hydrogen-bond acceptors (Lipinski definition) is 3. The van der Waals surface area contributed by atoms with Crippen LogP contribution in [0.5, 0.6) is 5.75 Å². The lowest BCUT2D eigenvalue weighted by atomic mass is 10.1. The van der Waals surface area contributed by atoms with Crippen molar-refractivity contribution in [2.45, 2.75) is 19.4 Å². The second kappa shape index (κ2) is 5.86. The number of benzene rings is 1. The van der Waals surface area contributed by atoms with Crippen LogP contribution in [0.15, 0.2) is 22.7 Å². The fourth-order valence-corrected chi connectivity index (χ4v) is 1.62. The van der Waals surface area contributed by atoms with Crippen LogP contribution in [0.3, 0.4) is 0 Å². The van der Waals surface area contributed by atoms with Crippen molar-refractivity contribution in [2.75, 3.05) is 6.61 Å². The van der Waals surface area contributed by atoms with Gasteiger partial charge >= 0.3 is 0 Å². The van der Waals surface area contributed by atoms with Crippen LogP contribution >= 0.6 is 15.9 Å². The van der Waals surface area contributed by atoms with Gasteiger partial charge in [-0.1, -0.05) is 15.9 Å². The first kappa shape index (κ1) is 13.0. The van der Waals surface area contributed by atoms with Gasteiger partial charge in [0.2, 0.25) is 5.91 Å². The van der Waals surface area contributed by atoms with Gasteiger partial charge in [0.25, 0.3) is 0 Å². The number of rotatable bonds is 5. The first-order valence-corrected chi connectivity index (χ1v) is 5.68. The Hall–Kier alpha value is -1.07. The molecule has 16 heavy (non-hydrogen) atoms. The van der Waals surface area contributed by atoms with Crippen LogP contribution in [0.2, 0.25) is 0 Å². The molecule has 0 unspecified atom stereocenters. The van der Waals surface area contributed by atoms with Crippen LogP contribution in [0.4, 0.5) is 0 Å². The smallest absolute Gasteiger partial charge is 0.220 e. The molecule has 88 valence electrons. The third-order valence-corrected chi connectivity index (χ3v) is 2.52. The molecule has 3 N–H and O–H groups in total. The SMILES string of the molecule is C[C@H](O)c1cc(Br)ccc1OCCC(N)=O. The molecule has 0 aliphatic rings. The number of ether oxygens (including phenoxy) is 1. The number of aliphatic hydroxyl groups is 1. The summed E-state index contributed by atoms with van der Waals surface area (Å²) in [7, 11) is 0. The van der Waals surface area contributed by atoms with Crippen molar-refractivity contribution >= 4 is 21.8 Å². The fraction of sp³-hybridized carbons (Fsp3) is 0.364. The lowest BCUT2D eigenvalue weighted by Gasteiger charge is -2.13. The Morgan fingerprint density at radius 3 is 2.88 bits per heavy atom. The zero-order chi connectivity index (χ0) is 12.1. The summed E-state index contributed by atoms with van der Waals surface area (Å²) in [6.07, 6.45) is -0.462. The summed E-state index contributed by atoms with van der Waals surface area (Å²) in [6, 6.07) is 5.34. The van der Waals surface area contributed by atoms with Gasteiger partial charge in [0.15, 0.2) is 0 Å². The van der Waals surface area contributed by atoms with E-state index >= 15 is 0 Å². The van der Waals surface area contributed by atoms with Crippen molar-refractivity contribution < 1.29 is 14.6 Å². The second-order valence-electron chi connectivity index (χ2n) is 3.42. The number of hydrogen-bond donors (Lipinski definition) is 2. The van der Waals surface area contributed by atoms with Crippen molar-refractivity contribution in [3.63, 3.8) is 0 Å². The highest BCUT2D eigenvalue weighted by Gasteiger charge is 2.10. The van der Waals surface area contributed by atoms with E-state index in [1.807, 2.05) is 6.07 Å². The minimum Gasteiger partial charge on any atom is -0.493 e. The molecule has 4 nitrogen and oxygen atoms in total. The maximum atomic E-state index is 10.5. The Kier molecular flexibility index (Phi) is 4.76. The zero-order valence-electron chi connectivity index (χ0n) is 8.94. The third kappa shape index (κ3) is 3.83. The summed E-state index contributed by atoms with van der Waals surface area (Å²) in [5.74, 6) is 0.162. The van der Waals surface area contributed by atoms with Crippen molar-refractivity contribution in [3.8, 4) is 5.75 Å². The monoisotopic (exact) mass is 287 g/mol. The molecule has 1 rings (SSSR count). The van der Waals surface area contributed by atoms with Crippen molar-refractivity contribution in [1.29, 1.82) is 0 Å². The van der Waals surface area contributed by atoms with E-state index in [1.54, 1.807) is 19.1 Å². The molecule has 1 atom stereocenters. The Bertz CT molecular complexity index is 379. The van der Waals surface area contributed by atoms with E-state index < -0.39 is 12.0 Å². The molecule has 1 aromatic rings. The Labute approximate surface area is 103 Å². The van der Waals surface area contributed by atoms with Gasteiger partial charge in [-0.2, -0.15) is 0 Å². The van der Waals surface area contributed by atoms with Crippen LogP contribution in [0, 0.1) is 0 Å². The molecule has 0 saturated heterocycles. The second-order valence-corrected chi connectivity index (χ2v) is 4.34. The van der Waals surface area contributed by atoms with Gasteiger partial charge < -0.3 is 15.6 Å². The zero-order valence-corrected chi connectivity index (χ0v) is 10.5. The first-order valence-electron chi connectivity index (χ1n) is 4.89. The number of nitrogens with two attached hydrogens (primary N) is 1. The molecule has 1 aromatic carbocycles. The maximum Gasteiger partial charge on any atom is 0.220 e. The molecule has 0 saturated carbocycles. The largest absolute Gasteiger partial charge is 0.493 e. The van der Waals surface area contributed by atoms with E-state index in [2.05, 4.69) is 15.9 Å². The van der Waals surface area contributed by atoms with Crippen LogP contribution in [0.1, 0.15) is 25.0 Å². The van der Waals surface area contributed by atoms with Crippen LogP contribution in [-0.2, 0) is 4.79 Å². The number of amides is 1. The molecule has 0 spiro atoms. The maximum absolute atomic E-state index is 10.5. The number of carbonyl (C=O) groups is 1. The summed E-state index contributed by atoms with van der Waals surface area (Å²) in [5.41, 5.74) is 5.68. The van der Waals surface area contributed by atoms with E-state index in [4.69, 9.17) is 10.5 Å². The quantitative estimate of drug-likeness (QED) is 0.867. The van der Waals surface area contributed by atoms with Gasteiger partial charge in [-0.25, -0.2) is 0 Å². The molecule has 0 heterocycles. The molecule has 5 heteroatoms. The highest BCUT2D eigenvalue weighted by molar-refractivity contribution is 9.10. The summed E-state index contributed by atoms with van der Waals surface area (Å²) in [6.45, 7) is 1.87. The number of halogens is 1. The number of primary amides is 1. The number of carbonyl (C=O) groups excluding carboxylic acids is 1. The lowest BCUT2D eigenvalue weighted by molar-refractivity contribution is -0.118. The van der Waals surface area contributed by atoms with Gasteiger partial charge in [-0.05, 0) is 25.1 Å². The predicted molar refractivity (Wildman–Crippen MR) is 64.1 cm³/mol. The number of aliphatic hydroxyl groups excluding tert-OH is 1. The highest BCUT2D eigenvalue weighted by atomic mass is 79.9. The normalized spacial score (nSPS) is 12.2. The van der Waals surface area contributed by atoms with Crippen LogP contribution in [-0.4, -0.2) is 17.6 Å². The van der Waals surface area contributed by atoms with Crippen LogP contribution in [0.25, 0.3) is 0 Å². The molecular formula is C11H14BrNO3. The van der Waals surface area contributed by atoms with E-state index in [9.17, 15) is 9.90 Å². The molecule has 0 fully saturated rings. The van der Waals surface area contributed by atoms with Gasteiger partial charge in [0.05, 0.1) is 19.1 Å². The van der Waals surface area contributed by atoms with Gasteiger partial charge in [0.1, 0.15) is 5.75 Å². The Morgan fingerprint density at radius 2 is 2.31 bits per heavy atom. The molecule has 0 aliphatic carbocycles. The molecule has 0 aliphatic heterocycles. The molecule has 0 aromatic heterocycles. The lowest BCUT2D eigenvalue weighted by Crippen LogP contribution is -2.15. The summed E-state index contributed by atoms with van der Waals surface area (Å²) >= 11 is 3.32. The van der Waals surface area contributed by atoms with E-state index in [0.29, 0.717) is 11.3 Å². The molecular weight excluding hydrogens is 274 g/mol. The van der Waals surface area contributed by atoms with E-state index in [0.717, 1.165) is 4.47 Å². The third-order valence-electron chi connectivity index (χ3n) is 2.03. The van der Waals surface area contributed by atoms with Crippen molar-refractivity contribution in [3.05, 3.63) is 28.2 Å². The van der Waals surface area contributed by atoms with Gasteiger partial charge in [0, 0.05) is 10.0 Å². The average Bonchev–Trinajstić information content (AvgIpc) is 2.19. The van der Waals surface area contributed by atoms with Gasteiger partial charge in [-0.3, -0.25) is 4.79 Å². The van der Waals surface area contributed by atoms with E-state index in [1.165, 1.54) is 0 Å². The molecule has 1 amide bonds. The minimum atomic E-state index is -0.624. The summed E-state index contributed by atoms with van der Waals surface area (Å²) in [4.78, 5) is 10.5. The van der Waals surface area contributed by atoms with Crippen molar-refractivity contribution in [2.24, 2.45) is 5.73 Å². The van der Waals surface area contributed by atoms with E-state index in [-0.39, 0.29) is 13.0 Å². The summed E-state index contributed by atoms with van der Waals surface area (Å²) in [5, 5.41) is 9.55. The highest BCUT2D eigenvalue weighted by Crippen LogP contribution is 2.28. The fourth-order valence-electron chi connectivity index (χ4n) is 1.24.